The van der Waals surface area contributed by atoms with E-state index < -0.39 is 0 Å². The van der Waals surface area contributed by atoms with Gasteiger partial charge in [-0.05, 0) is 44.0 Å². The second kappa shape index (κ2) is 6.19. The molecule has 0 spiro atoms. The molecule has 0 aliphatic rings. The number of nitrogens with one attached hydrogen (secondary N) is 1. The quantitative estimate of drug-likeness (QED) is 0.929. The first-order valence-corrected chi connectivity index (χ1v) is 6.48. The molecule has 2 aromatic rings. The van der Waals surface area contributed by atoms with Gasteiger partial charge in [-0.2, -0.15) is 0 Å². The highest BCUT2D eigenvalue weighted by molar-refractivity contribution is 5.91. The second-order valence-electron chi connectivity index (χ2n) is 4.74. The zero-order valence-electron chi connectivity index (χ0n) is 11.9. The number of amides is 1. The highest BCUT2D eigenvalue weighted by Gasteiger charge is 2.07. The van der Waals surface area contributed by atoms with Crippen molar-refractivity contribution in [3.8, 4) is 5.75 Å². The number of aryl methyl sites for hydroxylation is 3. The maximum atomic E-state index is 11.9. The molecule has 0 unspecified atom stereocenters. The van der Waals surface area contributed by atoms with Crippen molar-refractivity contribution in [2.24, 2.45) is 0 Å². The summed E-state index contributed by atoms with van der Waals surface area (Å²) in [6.45, 7) is 5.80. The maximum absolute atomic E-state index is 11.9. The van der Waals surface area contributed by atoms with E-state index >= 15 is 0 Å². The van der Waals surface area contributed by atoms with Crippen molar-refractivity contribution in [3.05, 3.63) is 53.3 Å². The van der Waals surface area contributed by atoms with Crippen molar-refractivity contribution in [1.82, 2.24) is 4.98 Å². The second-order valence-corrected chi connectivity index (χ2v) is 4.74. The average Bonchev–Trinajstić information content (AvgIpc) is 2.38. The zero-order valence-corrected chi connectivity index (χ0v) is 11.9. The predicted molar refractivity (Wildman–Crippen MR) is 79.0 cm³/mol. The molecule has 2 rings (SSSR count). The monoisotopic (exact) mass is 270 g/mol. The molecule has 0 aliphatic carbocycles. The summed E-state index contributed by atoms with van der Waals surface area (Å²) in [5.74, 6) is 0.590. The van der Waals surface area contributed by atoms with Crippen LogP contribution in [0, 0.1) is 20.8 Å². The van der Waals surface area contributed by atoms with Crippen molar-refractivity contribution >= 4 is 11.6 Å². The number of pyridine rings is 1. The Morgan fingerprint density at radius 3 is 2.55 bits per heavy atom. The first-order valence-electron chi connectivity index (χ1n) is 6.48. The maximum Gasteiger partial charge on any atom is 0.262 e. The Kier molecular flexibility index (Phi) is 4.35. The minimum atomic E-state index is -0.182. The van der Waals surface area contributed by atoms with E-state index in [9.17, 15) is 4.79 Å². The van der Waals surface area contributed by atoms with E-state index in [0.29, 0.717) is 0 Å². The van der Waals surface area contributed by atoms with E-state index in [4.69, 9.17) is 4.74 Å². The van der Waals surface area contributed by atoms with Gasteiger partial charge in [0.25, 0.3) is 5.91 Å². The number of hydrogen-bond donors (Lipinski definition) is 1. The molecular formula is C16H18N2O2. The summed E-state index contributed by atoms with van der Waals surface area (Å²) in [6.07, 6.45) is 1.66. The molecule has 0 bridgehead atoms. The lowest BCUT2D eigenvalue weighted by atomic mass is 10.1. The van der Waals surface area contributed by atoms with E-state index in [-0.39, 0.29) is 12.5 Å². The largest absolute Gasteiger partial charge is 0.483 e. The Hall–Kier alpha value is -2.36. The van der Waals surface area contributed by atoms with Crippen LogP contribution in [-0.2, 0) is 4.79 Å². The van der Waals surface area contributed by atoms with Gasteiger partial charge < -0.3 is 10.1 Å². The average molecular weight is 270 g/mol. The molecule has 1 aromatic carbocycles. The molecule has 20 heavy (non-hydrogen) atoms. The zero-order chi connectivity index (χ0) is 14.5. The minimum absolute atomic E-state index is 0.00688. The molecule has 104 valence electrons. The van der Waals surface area contributed by atoms with Crippen molar-refractivity contribution in [1.29, 1.82) is 0 Å². The van der Waals surface area contributed by atoms with E-state index in [0.717, 1.165) is 28.3 Å². The van der Waals surface area contributed by atoms with Crippen LogP contribution in [-0.4, -0.2) is 17.5 Å². The fourth-order valence-corrected chi connectivity index (χ4v) is 1.98. The number of carbonyl (C=O) groups is 1. The molecule has 0 saturated carbocycles. The summed E-state index contributed by atoms with van der Waals surface area (Å²) < 4.78 is 5.60. The van der Waals surface area contributed by atoms with Crippen LogP contribution >= 0.6 is 0 Å². The highest BCUT2D eigenvalue weighted by atomic mass is 16.5. The normalized spacial score (nSPS) is 10.2. The van der Waals surface area contributed by atoms with Crippen molar-refractivity contribution in [3.63, 3.8) is 0 Å². The van der Waals surface area contributed by atoms with Gasteiger partial charge in [0.05, 0.1) is 0 Å². The molecule has 4 nitrogen and oxygen atoms in total. The lowest BCUT2D eigenvalue weighted by molar-refractivity contribution is -0.118. The van der Waals surface area contributed by atoms with E-state index in [1.807, 2.05) is 45.0 Å². The van der Waals surface area contributed by atoms with Gasteiger partial charge in [-0.1, -0.05) is 18.2 Å². The van der Waals surface area contributed by atoms with Gasteiger partial charge in [0.2, 0.25) is 0 Å². The topological polar surface area (TPSA) is 51.2 Å². The van der Waals surface area contributed by atoms with Crippen LogP contribution in [0.5, 0.6) is 5.75 Å². The molecular weight excluding hydrogens is 252 g/mol. The fraction of sp³-hybridized carbons (Fsp3) is 0.250. The number of anilines is 1. The summed E-state index contributed by atoms with van der Waals surface area (Å²) in [6, 6.07) is 9.47. The van der Waals surface area contributed by atoms with Crippen LogP contribution in [0.4, 0.5) is 5.69 Å². The van der Waals surface area contributed by atoms with Crippen LogP contribution in [0.3, 0.4) is 0 Å². The summed E-state index contributed by atoms with van der Waals surface area (Å²) in [4.78, 5) is 15.9. The number of benzene rings is 1. The number of aromatic nitrogens is 1. The van der Waals surface area contributed by atoms with Gasteiger partial charge in [-0.25, -0.2) is 0 Å². The minimum Gasteiger partial charge on any atom is -0.483 e. The Labute approximate surface area is 118 Å². The molecule has 0 saturated heterocycles. The number of hydrogen-bond acceptors (Lipinski definition) is 3. The van der Waals surface area contributed by atoms with Gasteiger partial charge in [-0.3, -0.25) is 9.78 Å². The van der Waals surface area contributed by atoms with Crippen LogP contribution in [0.2, 0.25) is 0 Å². The van der Waals surface area contributed by atoms with E-state index in [1.54, 1.807) is 12.3 Å². The standard InChI is InChI=1S/C16H18N2O2/c1-11-5-4-6-12(2)16(11)20-10-15(19)18-14-7-8-17-13(3)9-14/h4-9H,10H2,1-3H3,(H,17,18,19). The Balaban J connectivity index is 1.96. The molecule has 1 N–H and O–H groups in total. The summed E-state index contributed by atoms with van der Waals surface area (Å²) in [7, 11) is 0. The highest BCUT2D eigenvalue weighted by Crippen LogP contribution is 2.22. The third kappa shape index (κ3) is 3.57. The Morgan fingerprint density at radius 1 is 1.20 bits per heavy atom. The van der Waals surface area contributed by atoms with Crippen molar-refractivity contribution < 1.29 is 9.53 Å². The third-order valence-electron chi connectivity index (χ3n) is 2.94. The SMILES string of the molecule is Cc1cc(NC(=O)COc2c(C)cccc2C)ccn1. The lowest BCUT2D eigenvalue weighted by Gasteiger charge is -2.12. The van der Waals surface area contributed by atoms with E-state index in [2.05, 4.69) is 10.3 Å². The van der Waals surface area contributed by atoms with Crippen molar-refractivity contribution in [2.75, 3.05) is 11.9 Å². The number of rotatable bonds is 4. The van der Waals surface area contributed by atoms with Crippen LogP contribution < -0.4 is 10.1 Å². The first-order chi connectivity index (χ1) is 9.56. The molecule has 0 atom stereocenters. The molecule has 0 radical (unpaired) electrons. The fourth-order valence-electron chi connectivity index (χ4n) is 1.98. The summed E-state index contributed by atoms with van der Waals surface area (Å²) >= 11 is 0. The number of para-hydroxylation sites is 1. The van der Waals surface area contributed by atoms with Crippen LogP contribution in [0.1, 0.15) is 16.8 Å². The van der Waals surface area contributed by atoms with Gasteiger partial charge in [0.15, 0.2) is 6.61 Å². The molecule has 1 amide bonds. The van der Waals surface area contributed by atoms with Crippen LogP contribution in [0.15, 0.2) is 36.5 Å². The summed E-state index contributed by atoms with van der Waals surface area (Å²) in [5.41, 5.74) is 3.64. The summed E-state index contributed by atoms with van der Waals surface area (Å²) in [5, 5.41) is 2.79. The van der Waals surface area contributed by atoms with Crippen molar-refractivity contribution in [2.45, 2.75) is 20.8 Å². The Morgan fingerprint density at radius 2 is 1.90 bits per heavy atom. The molecule has 1 aromatic heterocycles. The predicted octanol–water partition coefficient (Wildman–Crippen LogP) is 3.02. The number of carbonyl (C=O) groups excluding carboxylic acids is 1. The van der Waals surface area contributed by atoms with Gasteiger partial charge in [0.1, 0.15) is 5.75 Å². The van der Waals surface area contributed by atoms with Crippen LogP contribution in [0.25, 0.3) is 0 Å². The Bertz CT molecular complexity index is 603. The van der Waals surface area contributed by atoms with E-state index in [1.165, 1.54) is 0 Å². The van der Waals surface area contributed by atoms with Gasteiger partial charge in [-0.15, -0.1) is 0 Å². The molecule has 4 heteroatoms. The molecule has 0 aliphatic heterocycles. The number of nitrogens with zero attached hydrogens (tertiary/aromatic N) is 1. The van der Waals surface area contributed by atoms with Gasteiger partial charge >= 0.3 is 0 Å². The smallest absolute Gasteiger partial charge is 0.262 e. The molecule has 0 fully saturated rings. The first kappa shape index (κ1) is 14.1. The van der Waals surface area contributed by atoms with Gasteiger partial charge in [0, 0.05) is 17.6 Å². The molecule has 1 heterocycles. The number of ether oxygens (including phenoxy) is 1. The lowest BCUT2D eigenvalue weighted by Crippen LogP contribution is -2.20. The third-order valence-corrected chi connectivity index (χ3v) is 2.94.